The molecule has 0 radical (unpaired) electrons. The van der Waals surface area contributed by atoms with Crippen LogP contribution in [0.25, 0.3) is 0 Å². The summed E-state index contributed by atoms with van der Waals surface area (Å²) < 4.78 is 4.36. The van der Waals surface area contributed by atoms with Crippen LogP contribution in [0.15, 0.2) is 0 Å². The van der Waals surface area contributed by atoms with Crippen molar-refractivity contribution in [3.8, 4) is 0 Å². The first kappa shape index (κ1) is 11.3. The van der Waals surface area contributed by atoms with E-state index >= 15 is 0 Å². The molecule has 0 fully saturated rings. The van der Waals surface area contributed by atoms with Gasteiger partial charge in [-0.05, 0) is 13.0 Å². The largest absolute Gasteiger partial charge is 0.469 e. The highest BCUT2D eigenvalue weighted by Gasteiger charge is 1.95. The number of esters is 1. The zero-order valence-electron chi connectivity index (χ0n) is 5.02. The molecule has 56 valence electrons. The minimum Gasteiger partial charge on any atom is -0.469 e. The first-order valence-corrected chi connectivity index (χ1v) is 2.58. The number of nitrogens with two attached hydrogens (primary N) is 1. The van der Waals surface area contributed by atoms with Crippen LogP contribution in [0.1, 0.15) is 20.3 Å². The van der Waals surface area contributed by atoms with E-state index in [1.54, 1.807) is 0 Å². The lowest BCUT2D eigenvalue weighted by Crippen LogP contribution is -2.05. The van der Waals surface area contributed by atoms with Gasteiger partial charge in [-0.2, -0.15) is 0 Å². The molecule has 0 unspecified atom stereocenters. The predicted octanol–water partition coefficient (Wildman–Crippen LogP) is 0.534. The van der Waals surface area contributed by atoms with Gasteiger partial charge in [0.1, 0.15) is 0 Å². The summed E-state index contributed by atoms with van der Waals surface area (Å²) in [4.78, 5) is 10.3. The zero-order chi connectivity index (χ0) is 6.41. The summed E-state index contributed by atoms with van der Waals surface area (Å²) in [6, 6.07) is 0. The monoisotopic (exact) mass is 133 g/mol. The van der Waals surface area contributed by atoms with Gasteiger partial charge in [-0.25, -0.2) is 0 Å². The van der Waals surface area contributed by atoms with E-state index in [2.05, 4.69) is 4.74 Å². The maximum Gasteiger partial charge on any atom is 0.305 e. The average molecular weight is 133 g/mol. The molecule has 0 heterocycles. The fourth-order valence-electron chi connectivity index (χ4n) is 0.348. The molecule has 2 N–H and O–H groups in total. The van der Waals surface area contributed by atoms with Crippen molar-refractivity contribution in [2.45, 2.75) is 20.3 Å². The van der Waals surface area contributed by atoms with Gasteiger partial charge >= 0.3 is 5.97 Å². The van der Waals surface area contributed by atoms with Crippen molar-refractivity contribution in [2.24, 2.45) is 5.73 Å². The van der Waals surface area contributed by atoms with Gasteiger partial charge in [-0.1, -0.05) is 7.43 Å². The highest BCUT2D eigenvalue weighted by Crippen LogP contribution is 1.86. The van der Waals surface area contributed by atoms with Crippen LogP contribution in [0.4, 0.5) is 0 Å². The van der Waals surface area contributed by atoms with Crippen molar-refractivity contribution in [3.63, 3.8) is 0 Å². The van der Waals surface area contributed by atoms with E-state index in [-0.39, 0.29) is 13.4 Å². The Kier molecular flexibility index (Phi) is 9.29. The Balaban J connectivity index is 0. The Morgan fingerprint density at radius 2 is 2.22 bits per heavy atom. The maximum atomic E-state index is 10.3. The summed E-state index contributed by atoms with van der Waals surface area (Å²) in [5, 5.41) is 0. The molecule has 0 bridgehead atoms. The van der Waals surface area contributed by atoms with Gasteiger partial charge in [0.05, 0.1) is 7.11 Å². The molecule has 0 aliphatic rings. The van der Waals surface area contributed by atoms with E-state index in [1.807, 2.05) is 0 Å². The molecule has 0 aromatic carbocycles. The molecule has 0 aliphatic heterocycles. The van der Waals surface area contributed by atoms with Gasteiger partial charge in [0.2, 0.25) is 0 Å². The van der Waals surface area contributed by atoms with Crippen LogP contribution in [-0.2, 0) is 9.53 Å². The van der Waals surface area contributed by atoms with E-state index in [9.17, 15) is 4.79 Å². The highest BCUT2D eigenvalue weighted by atomic mass is 16.5. The van der Waals surface area contributed by atoms with Gasteiger partial charge < -0.3 is 10.5 Å². The summed E-state index contributed by atoms with van der Waals surface area (Å²) in [7, 11) is 1.37. The van der Waals surface area contributed by atoms with Crippen LogP contribution in [0.2, 0.25) is 0 Å². The molecule has 0 aliphatic carbocycles. The van der Waals surface area contributed by atoms with Gasteiger partial charge in [0.25, 0.3) is 0 Å². The van der Waals surface area contributed by atoms with Crippen LogP contribution in [0.3, 0.4) is 0 Å². The Labute approximate surface area is 56.2 Å². The minimum absolute atomic E-state index is 0. The molecule has 0 aromatic heterocycles. The van der Waals surface area contributed by atoms with E-state index < -0.39 is 0 Å². The van der Waals surface area contributed by atoms with Crippen molar-refractivity contribution < 1.29 is 9.53 Å². The second-order valence-corrected chi connectivity index (χ2v) is 1.47. The lowest BCUT2D eigenvalue weighted by atomic mass is 10.3. The van der Waals surface area contributed by atoms with Crippen molar-refractivity contribution in [3.05, 3.63) is 0 Å². The lowest BCUT2D eigenvalue weighted by molar-refractivity contribution is -0.140. The standard InChI is InChI=1S/C5H11NO2.CH4/c1-8-5(7)3-2-4-6;/h2-4,6H2,1H3;1H4. The topological polar surface area (TPSA) is 52.3 Å². The summed E-state index contributed by atoms with van der Waals surface area (Å²) in [6.07, 6.45) is 1.15. The fourth-order valence-corrected chi connectivity index (χ4v) is 0.348. The molecule has 0 saturated heterocycles. The third-order valence-corrected chi connectivity index (χ3v) is 0.813. The van der Waals surface area contributed by atoms with Crippen molar-refractivity contribution in [1.29, 1.82) is 0 Å². The molecule has 0 spiro atoms. The summed E-state index contributed by atoms with van der Waals surface area (Å²) >= 11 is 0. The predicted molar refractivity (Wildman–Crippen MR) is 37.0 cm³/mol. The zero-order valence-corrected chi connectivity index (χ0v) is 5.02. The van der Waals surface area contributed by atoms with Crippen LogP contribution in [-0.4, -0.2) is 19.6 Å². The second-order valence-electron chi connectivity index (χ2n) is 1.47. The number of ether oxygens (including phenoxy) is 1. The minimum atomic E-state index is -0.185. The molecule has 0 aromatic rings. The summed E-state index contributed by atoms with van der Waals surface area (Å²) in [5.41, 5.74) is 5.12. The van der Waals surface area contributed by atoms with Gasteiger partial charge in [0.15, 0.2) is 0 Å². The summed E-state index contributed by atoms with van der Waals surface area (Å²) in [6.45, 7) is 0.551. The molecule has 9 heavy (non-hydrogen) atoms. The second kappa shape index (κ2) is 7.43. The number of hydrogen-bond acceptors (Lipinski definition) is 3. The average Bonchev–Trinajstić information content (AvgIpc) is 1.83. The SMILES string of the molecule is C.COC(=O)CCCN. The van der Waals surface area contributed by atoms with Gasteiger partial charge in [-0.3, -0.25) is 4.79 Å². The van der Waals surface area contributed by atoms with E-state index in [4.69, 9.17) is 5.73 Å². The maximum absolute atomic E-state index is 10.3. The fraction of sp³-hybridized carbons (Fsp3) is 0.833. The van der Waals surface area contributed by atoms with E-state index in [1.165, 1.54) is 7.11 Å². The Morgan fingerprint density at radius 1 is 1.67 bits per heavy atom. The molecule has 0 rings (SSSR count). The number of hydrogen-bond donors (Lipinski definition) is 1. The first-order valence-electron chi connectivity index (χ1n) is 2.58. The molecule has 0 atom stereocenters. The van der Waals surface area contributed by atoms with Crippen molar-refractivity contribution in [2.75, 3.05) is 13.7 Å². The Hall–Kier alpha value is -0.570. The summed E-state index contributed by atoms with van der Waals surface area (Å²) in [5.74, 6) is -0.185. The third kappa shape index (κ3) is 7.43. The van der Waals surface area contributed by atoms with Crippen LogP contribution in [0, 0.1) is 0 Å². The van der Waals surface area contributed by atoms with Crippen LogP contribution in [0.5, 0.6) is 0 Å². The van der Waals surface area contributed by atoms with E-state index in [0.29, 0.717) is 19.4 Å². The first-order chi connectivity index (χ1) is 3.81. The molecular weight excluding hydrogens is 118 g/mol. The smallest absolute Gasteiger partial charge is 0.305 e. The number of methoxy groups -OCH3 is 1. The highest BCUT2D eigenvalue weighted by molar-refractivity contribution is 5.68. The van der Waals surface area contributed by atoms with Crippen molar-refractivity contribution in [1.82, 2.24) is 0 Å². The molecule has 3 nitrogen and oxygen atoms in total. The molecule has 3 heteroatoms. The lowest BCUT2D eigenvalue weighted by Gasteiger charge is -1.93. The van der Waals surface area contributed by atoms with Gasteiger partial charge in [-0.15, -0.1) is 0 Å². The number of rotatable bonds is 3. The van der Waals surface area contributed by atoms with Gasteiger partial charge in [0, 0.05) is 6.42 Å². The normalized spacial score (nSPS) is 7.78. The van der Waals surface area contributed by atoms with E-state index in [0.717, 1.165) is 0 Å². The number of carbonyl (C=O) groups is 1. The number of carbonyl (C=O) groups excluding carboxylic acids is 1. The quantitative estimate of drug-likeness (QED) is 0.571. The van der Waals surface area contributed by atoms with Crippen LogP contribution < -0.4 is 5.73 Å². The van der Waals surface area contributed by atoms with Crippen LogP contribution >= 0.6 is 0 Å². The molecular formula is C6H15NO2. The molecule has 0 amide bonds. The van der Waals surface area contributed by atoms with Crippen molar-refractivity contribution >= 4 is 5.97 Å². The Morgan fingerprint density at radius 3 is 2.56 bits per heavy atom. The Bertz CT molecular complexity index is 73.5. The third-order valence-electron chi connectivity index (χ3n) is 0.813. The molecule has 0 saturated carbocycles.